The number of benzene rings is 3. The van der Waals surface area contributed by atoms with E-state index in [0.717, 1.165) is 16.0 Å². The van der Waals surface area contributed by atoms with Crippen LogP contribution in [0.4, 0.5) is 5.69 Å². The molecule has 7 heteroatoms. The molecule has 0 heterocycles. The van der Waals surface area contributed by atoms with Gasteiger partial charge in [-0.1, -0.05) is 29.8 Å². The molecule has 2 N–H and O–H groups in total. The largest absolute Gasteiger partial charge is 0.346 e. The average molecular weight is 441 g/mol. The van der Waals surface area contributed by atoms with Gasteiger partial charge < -0.3 is 5.32 Å². The minimum atomic E-state index is -3.69. The number of rotatable bonds is 7. The Kier molecular flexibility index (Phi) is 6.84. The molecule has 0 fully saturated rings. The standard InChI is InChI=1S/C23H24N2O3S2/c1-16-4-6-18(7-5-16)17(2)24-23(26)19-8-10-20(11-9-19)25-30(27,28)22-14-12-21(29-3)13-15-22/h4-15,17,25H,1-3H3,(H,24,26). The molecule has 1 atom stereocenters. The van der Waals surface area contributed by atoms with Crippen molar-refractivity contribution < 1.29 is 13.2 Å². The third-order valence-corrected chi connectivity index (χ3v) is 6.83. The van der Waals surface area contributed by atoms with Crippen molar-refractivity contribution in [3.8, 4) is 0 Å². The van der Waals surface area contributed by atoms with E-state index in [-0.39, 0.29) is 16.8 Å². The molecule has 0 aliphatic heterocycles. The van der Waals surface area contributed by atoms with Crippen LogP contribution in [0.15, 0.2) is 82.6 Å². The molecule has 0 saturated carbocycles. The van der Waals surface area contributed by atoms with Crippen molar-refractivity contribution in [3.63, 3.8) is 0 Å². The van der Waals surface area contributed by atoms with Crippen LogP contribution in [-0.2, 0) is 10.0 Å². The van der Waals surface area contributed by atoms with Crippen LogP contribution in [0.25, 0.3) is 0 Å². The van der Waals surface area contributed by atoms with Gasteiger partial charge in [0.2, 0.25) is 0 Å². The third kappa shape index (κ3) is 5.43. The topological polar surface area (TPSA) is 75.3 Å². The number of sulfonamides is 1. The van der Waals surface area contributed by atoms with Crippen molar-refractivity contribution >= 4 is 33.4 Å². The summed E-state index contributed by atoms with van der Waals surface area (Å²) in [6.07, 6.45) is 1.93. The van der Waals surface area contributed by atoms with Gasteiger partial charge in [0.05, 0.1) is 10.9 Å². The second kappa shape index (κ2) is 9.36. The zero-order valence-corrected chi connectivity index (χ0v) is 18.7. The number of amides is 1. The Balaban J connectivity index is 1.66. The van der Waals surface area contributed by atoms with Crippen LogP contribution in [0.3, 0.4) is 0 Å². The van der Waals surface area contributed by atoms with Crippen LogP contribution in [-0.4, -0.2) is 20.6 Å². The highest BCUT2D eigenvalue weighted by atomic mass is 32.2. The van der Waals surface area contributed by atoms with Crippen LogP contribution >= 0.6 is 11.8 Å². The first-order valence-electron chi connectivity index (χ1n) is 9.43. The normalized spacial score (nSPS) is 12.2. The van der Waals surface area contributed by atoms with Crippen molar-refractivity contribution in [2.24, 2.45) is 0 Å². The molecule has 3 rings (SSSR count). The van der Waals surface area contributed by atoms with E-state index in [2.05, 4.69) is 10.0 Å². The summed E-state index contributed by atoms with van der Waals surface area (Å²) in [6.45, 7) is 3.94. The predicted molar refractivity (Wildman–Crippen MR) is 123 cm³/mol. The highest BCUT2D eigenvalue weighted by molar-refractivity contribution is 7.98. The molecule has 156 valence electrons. The number of thioether (sulfide) groups is 1. The number of carbonyl (C=O) groups is 1. The van der Waals surface area contributed by atoms with Crippen molar-refractivity contribution in [1.82, 2.24) is 5.32 Å². The minimum Gasteiger partial charge on any atom is -0.346 e. The molecule has 0 aliphatic carbocycles. The number of hydrogen-bond acceptors (Lipinski definition) is 4. The number of aryl methyl sites for hydroxylation is 1. The summed E-state index contributed by atoms with van der Waals surface area (Å²) in [5, 5.41) is 2.96. The maximum absolute atomic E-state index is 12.5. The number of hydrogen-bond donors (Lipinski definition) is 2. The Hall–Kier alpha value is -2.77. The molecule has 0 bridgehead atoms. The van der Waals surface area contributed by atoms with Gasteiger partial charge in [0.15, 0.2) is 0 Å². The quantitative estimate of drug-likeness (QED) is 0.507. The maximum atomic E-state index is 12.5. The fraction of sp³-hybridized carbons (Fsp3) is 0.174. The molecule has 0 aliphatic rings. The van der Waals surface area contributed by atoms with E-state index in [0.29, 0.717) is 11.3 Å². The molecule has 1 unspecified atom stereocenters. The fourth-order valence-electron chi connectivity index (χ4n) is 2.88. The molecule has 0 saturated heterocycles. The summed E-state index contributed by atoms with van der Waals surface area (Å²) in [5.74, 6) is -0.217. The fourth-order valence-corrected chi connectivity index (χ4v) is 4.34. The van der Waals surface area contributed by atoms with E-state index in [9.17, 15) is 13.2 Å². The second-order valence-corrected chi connectivity index (χ2v) is 9.53. The number of carbonyl (C=O) groups excluding carboxylic acids is 1. The lowest BCUT2D eigenvalue weighted by atomic mass is 10.1. The first-order chi connectivity index (χ1) is 14.3. The van der Waals surface area contributed by atoms with Gasteiger partial charge in [-0.15, -0.1) is 11.8 Å². The summed E-state index contributed by atoms with van der Waals surface area (Å²) >= 11 is 1.55. The molecule has 1 amide bonds. The summed E-state index contributed by atoms with van der Waals surface area (Å²) in [5.41, 5.74) is 3.04. The second-order valence-electron chi connectivity index (χ2n) is 6.96. The lowest BCUT2D eigenvalue weighted by Gasteiger charge is -2.15. The van der Waals surface area contributed by atoms with Crippen LogP contribution in [0.2, 0.25) is 0 Å². The van der Waals surface area contributed by atoms with E-state index < -0.39 is 10.0 Å². The van der Waals surface area contributed by atoms with E-state index >= 15 is 0 Å². The van der Waals surface area contributed by atoms with Crippen molar-refractivity contribution in [2.45, 2.75) is 29.7 Å². The van der Waals surface area contributed by atoms with Gasteiger partial charge in [-0.3, -0.25) is 9.52 Å². The van der Waals surface area contributed by atoms with Gasteiger partial charge in [-0.25, -0.2) is 8.42 Å². The van der Waals surface area contributed by atoms with E-state index in [1.165, 1.54) is 0 Å². The van der Waals surface area contributed by atoms with Crippen molar-refractivity contribution in [1.29, 1.82) is 0 Å². The summed E-state index contributed by atoms with van der Waals surface area (Å²) < 4.78 is 27.6. The van der Waals surface area contributed by atoms with Crippen molar-refractivity contribution in [3.05, 3.63) is 89.5 Å². The molecule has 0 radical (unpaired) electrons. The molecule has 30 heavy (non-hydrogen) atoms. The lowest BCUT2D eigenvalue weighted by molar-refractivity contribution is 0.0940. The van der Waals surface area contributed by atoms with Gasteiger partial charge in [0.25, 0.3) is 15.9 Å². The van der Waals surface area contributed by atoms with E-state index in [4.69, 9.17) is 0 Å². The highest BCUT2D eigenvalue weighted by Gasteiger charge is 2.15. The predicted octanol–water partition coefficient (Wildman–Crippen LogP) is 5.01. The monoisotopic (exact) mass is 440 g/mol. The molecule has 5 nitrogen and oxygen atoms in total. The highest BCUT2D eigenvalue weighted by Crippen LogP contribution is 2.21. The Morgan fingerprint density at radius 3 is 2.07 bits per heavy atom. The van der Waals surface area contributed by atoms with E-state index in [1.54, 1.807) is 60.3 Å². The lowest BCUT2D eigenvalue weighted by Crippen LogP contribution is -2.26. The molecular weight excluding hydrogens is 416 g/mol. The molecular formula is C23H24N2O3S2. The Labute approximate surface area is 182 Å². The summed E-state index contributed by atoms with van der Waals surface area (Å²) in [6, 6.07) is 20.9. The van der Waals surface area contributed by atoms with Gasteiger partial charge in [0, 0.05) is 16.1 Å². The first-order valence-corrected chi connectivity index (χ1v) is 12.1. The first kappa shape index (κ1) is 21.9. The van der Waals surface area contributed by atoms with Gasteiger partial charge in [-0.2, -0.15) is 0 Å². The summed E-state index contributed by atoms with van der Waals surface area (Å²) in [4.78, 5) is 13.7. The van der Waals surface area contributed by atoms with Crippen molar-refractivity contribution in [2.75, 3.05) is 11.0 Å². The number of nitrogens with one attached hydrogen (secondary N) is 2. The number of anilines is 1. The SMILES string of the molecule is CSc1ccc(S(=O)(=O)Nc2ccc(C(=O)NC(C)c3ccc(C)cc3)cc2)cc1. The maximum Gasteiger partial charge on any atom is 0.261 e. The molecule has 0 aromatic heterocycles. The Bertz CT molecular complexity index is 1110. The van der Waals surface area contributed by atoms with Crippen LogP contribution in [0, 0.1) is 6.92 Å². The zero-order valence-electron chi connectivity index (χ0n) is 17.0. The van der Waals surface area contributed by atoms with Gasteiger partial charge >= 0.3 is 0 Å². The smallest absolute Gasteiger partial charge is 0.261 e. The minimum absolute atomic E-state index is 0.138. The zero-order chi connectivity index (χ0) is 21.7. The molecule has 0 spiro atoms. The van der Waals surface area contributed by atoms with Gasteiger partial charge in [-0.05, 0) is 74.2 Å². The van der Waals surface area contributed by atoms with Crippen LogP contribution in [0.1, 0.15) is 34.5 Å². The Morgan fingerprint density at radius 2 is 1.50 bits per heavy atom. The molecule has 3 aromatic rings. The average Bonchev–Trinajstić information content (AvgIpc) is 2.74. The third-order valence-electron chi connectivity index (χ3n) is 4.69. The van der Waals surface area contributed by atoms with Crippen LogP contribution < -0.4 is 10.0 Å². The molecule has 3 aromatic carbocycles. The summed E-state index contributed by atoms with van der Waals surface area (Å²) in [7, 11) is -3.69. The Morgan fingerprint density at radius 1 is 0.900 bits per heavy atom. The van der Waals surface area contributed by atoms with Crippen LogP contribution in [0.5, 0.6) is 0 Å². The van der Waals surface area contributed by atoms with E-state index in [1.807, 2.05) is 44.4 Å². The van der Waals surface area contributed by atoms with Gasteiger partial charge in [0.1, 0.15) is 0 Å².